The Bertz CT molecular complexity index is 993. The molecule has 0 saturated heterocycles. The van der Waals surface area contributed by atoms with E-state index in [0.29, 0.717) is 29.7 Å². The minimum atomic E-state index is -0.0681. The van der Waals surface area contributed by atoms with Gasteiger partial charge in [-0.25, -0.2) is 4.98 Å². The first-order chi connectivity index (χ1) is 12.1. The summed E-state index contributed by atoms with van der Waals surface area (Å²) in [6.07, 6.45) is 4.37. The average Bonchev–Trinajstić information content (AvgIpc) is 2.61. The van der Waals surface area contributed by atoms with Crippen LogP contribution in [-0.4, -0.2) is 21.3 Å². The van der Waals surface area contributed by atoms with Gasteiger partial charge in [0.2, 0.25) is 0 Å². The van der Waals surface area contributed by atoms with Crippen LogP contribution in [0.2, 0.25) is 0 Å². The summed E-state index contributed by atoms with van der Waals surface area (Å²) in [7, 11) is 0. The molecule has 0 amide bonds. The van der Waals surface area contributed by atoms with Crippen LogP contribution in [0.1, 0.15) is 23.4 Å². The number of aromatic nitrogens is 2. The van der Waals surface area contributed by atoms with Gasteiger partial charge in [0.15, 0.2) is 0 Å². The fourth-order valence-corrected chi connectivity index (χ4v) is 3.21. The summed E-state index contributed by atoms with van der Waals surface area (Å²) >= 11 is 2.19. The molecule has 0 atom stereocenters. The molecule has 0 spiro atoms. The number of halogens is 1. The largest absolute Gasteiger partial charge is 0.396 e. The van der Waals surface area contributed by atoms with Gasteiger partial charge in [0.05, 0.1) is 10.9 Å². The highest BCUT2D eigenvalue weighted by atomic mass is 127. The van der Waals surface area contributed by atoms with Gasteiger partial charge in [0.1, 0.15) is 5.82 Å². The monoisotopic (exact) mass is 446 g/mol. The molecule has 5 heteroatoms. The van der Waals surface area contributed by atoms with Crippen LogP contribution in [0.5, 0.6) is 0 Å². The number of aliphatic hydroxyl groups excluding tert-OH is 1. The summed E-state index contributed by atoms with van der Waals surface area (Å²) < 4.78 is 2.64. The van der Waals surface area contributed by atoms with Crippen LogP contribution >= 0.6 is 22.6 Å². The second-order valence-corrected chi connectivity index (χ2v) is 7.10. The Morgan fingerprint density at radius 3 is 2.76 bits per heavy atom. The number of hydrogen-bond donors (Lipinski definition) is 1. The zero-order valence-corrected chi connectivity index (χ0v) is 16.1. The van der Waals surface area contributed by atoms with Crippen LogP contribution in [0.15, 0.2) is 47.3 Å². The van der Waals surface area contributed by atoms with Gasteiger partial charge in [-0.2, -0.15) is 0 Å². The van der Waals surface area contributed by atoms with Crippen LogP contribution < -0.4 is 5.56 Å². The van der Waals surface area contributed by atoms with E-state index in [9.17, 15) is 4.79 Å². The van der Waals surface area contributed by atoms with Gasteiger partial charge in [-0.15, -0.1) is 0 Å². The van der Waals surface area contributed by atoms with E-state index >= 15 is 0 Å². The van der Waals surface area contributed by atoms with E-state index in [4.69, 9.17) is 5.11 Å². The molecular formula is C20H19IN2O2. The van der Waals surface area contributed by atoms with E-state index in [-0.39, 0.29) is 12.2 Å². The molecule has 25 heavy (non-hydrogen) atoms. The number of aryl methyl sites for hydroxylation is 1. The van der Waals surface area contributed by atoms with E-state index in [0.717, 1.165) is 9.13 Å². The molecular weight excluding hydrogens is 427 g/mol. The topological polar surface area (TPSA) is 55.1 Å². The van der Waals surface area contributed by atoms with Crippen molar-refractivity contribution in [2.45, 2.75) is 19.9 Å². The normalized spacial score (nSPS) is 11.5. The molecule has 0 radical (unpaired) electrons. The minimum absolute atomic E-state index is 0.0394. The van der Waals surface area contributed by atoms with Crippen molar-refractivity contribution in [2.24, 2.45) is 0 Å². The van der Waals surface area contributed by atoms with Gasteiger partial charge in [-0.1, -0.05) is 30.3 Å². The number of benzene rings is 2. The number of rotatable bonds is 5. The van der Waals surface area contributed by atoms with Gasteiger partial charge >= 0.3 is 0 Å². The van der Waals surface area contributed by atoms with Crippen molar-refractivity contribution in [3.63, 3.8) is 0 Å². The Morgan fingerprint density at radius 2 is 2.00 bits per heavy atom. The zero-order valence-electron chi connectivity index (χ0n) is 13.9. The predicted molar refractivity (Wildman–Crippen MR) is 111 cm³/mol. The highest BCUT2D eigenvalue weighted by Gasteiger charge is 2.09. The second kappa shape index (κ2) is 7.93. The van der Waals surface area contributed by atoms with Gasteiger partial charge < -0.3 is 5.11 Å². The Hall–Kier alpha value is -1.99. The third-order valence-electron chi connectivity index (χ3n) is 4.09. The molecule has 128 valence electrons. The van der Waals surface area contributed by atoms with Gasteiger partial charge in [-0.3, -0.25) is 9.36 Å². The maximum absolute atomic E-state index is 12.9. The third-order valence-corrected chi connectivity index (χ3v) is 4.76. The highest BCUT2D eigenvalue weighted by Crippen LogP contribution is 2.16. The molecule has 0 aliphatic carbocycles. The third kappa shape index (κ3) is 3.99. The van der Waals surface area contributed by atoms with Crippen LogP contribution in [-0.2, 0) is 6.54 Å². The molecule has 1 aromatic heterocycles. The maximum atomic E-state index is 12.9. The van der Waals surface area contributed by atoms with E-state index < -0.39 is 0 Å². The summed E-state index contributed by atoms with van der Waals surface area (Å²) in [5.41, 5.74) is 2.88. The van der Waals surface area contributed by atoms with E-state index in [1.807, 2.05) is 61.5 Å². The van der Waals surface area contributed by atoms with Crippen molar-refractivity contribution in [3.8, 4) is 0 Å². The number of fused-ring (bicyclic) bond motifs is 1. The summed E-state index contributed by atoms with van der Waals surface area (Å²) in [5.74, 6) is 0.607. The Morgan fingerprint density at radius 1 is 1.20 bits per heavy atom. The summed E-state index contributed by atoms with van der Waals surface area (Å²) in [6, 6.07) is 13.7. The fourth-order valence-electron chi connectivity index (χ4n) is 2.72. The molecule has 0 aliphatic rings. The molecule has 0 bridgehead atoms. The summed E-state index contributed by atoms with van der Waals surface area (Å²) in [6.45, 7) is 2.53. The molecule has 3 rings (SSSR count). The van der Waals surface area contributed by atoms with Crippen molar-refractivity contribution >= 4 is 45.6 Å². The smallest absolute Gasteiger partial charge is 0.261 e. The zero-order chi connectivity index (χ0) is 17.8. The Kier molecular flexibility index (Phi) is 5.65. The van der Waals surface area contributed by atoms with Crippen LogP contribution in [0, 0.1) is 10.5 Å². The molecule has 0 unspecified atom stereocenters. The van der Waals surface area contributed by atoms with E-state index in [1.54, 1.807) is 4.57 Å². The summed E-state index contributed by atoms with van der Waals surface area (Å²) in [4.78, 5) is 17.6. The first-order valence-electron chi connectivity index (χ1n) is 8.15. The number of nitrogens with zero attached hydrogens (tertiary/aromatic N) is 2. The van der Waals surface area contributed by atoms with Gasteiger partial charge in [0, 0.05) is 16.7 Å². The summed E-state index contributed by atoms with van der Waals surface area (Å²) in [5, 5.41) is 9.77. The predicted octanol–water partition coefficient (Wildman–Crippen LogP) is 3.86. The average molecular weight is 446 g/mol. The van der Waals surface area contributed by atoms with Crippen molar-refractivity contribution in [2.75, 3.05) is 6.61 Å². The SMILES string of the molecule is Cc1ccccc1C=Cc1nc2ccc(I)cc2c(=O)n1CCCO. The van der Waals surface area contributed by atoms with Crippen LogP contribution in [0.4, 0.5) is 0 Å². The molecule has 1 N–H and O–H groups in total. The quantitative estimate of drug-likeness (QED) is 0.606. The van der Waals surface area contributed by atoms with E-state index in [1.165, 1.54) is 5.56 Å². The van der Waals surface area contributed by atoms with Crippen LogP contribution in [0.25, 0.3) is 23.1 Å². The standard InChI is InChI=1S/C20H19IN2O2/c1-14-5-2-3-6-15(14)7-10-19-22-18-9-8-16(21)13-17(18)20(25)23(19)11-4-12-24/h2-3,5-10,13,24H,4,11-12H2,1H3. The highest BCUT2D eigenvalue weighted by molar-refractivity contribution is 14.1. The molecule has 0 fully saturated rings. The molecule has 4 nitrogen and oxygen atoms in total. The Balaban J connectivity index is 2.13. The lowest BCUT2D eigenvalue weighted by molar-refractivity contribution is 0.278. The molecule has 0 saturated carbocycles. The van der Waals surface area contributed by atoms with Crippen molar-refractivity contribution in [1.29, 1.82) is 0 Å². The molecule has 0 aliphatic heterocycles. The first kappa shape index (κ1) is 17.8. The molecule has 2 aromatic carbocycles. The van der Waals surface area contributed by atoms with Crippen molar-refractivity contribution < 1.29 is 5.11 Å². The van der Waals surface area contributed by atoms with Crippen molar-refractivity contribution in [3.05, 3.63) is 73.3 Å². The first-order valence-corrected chi connectivity index (χ1v) is 9.22. The Labute approximate surface area is 160 Å². The lowest BCUT2D eigenvalue weighted by Crippen LogP contribution is -2.24. The maximum Gasteiger partial charge on any atom is 0.261 e. The minimum Gasteiger partial charge on any atom is -0.396 e. The molecule has 3 aromatic rings. The fraction of sp³-hybridized carbons (Fsp3) is 0.200. The van der Waals surface area contributed by atoms with E-state index in [2.05, 4.69) is 27.6 Å². The van der Waals surface area contributed by atoms with Gasteiger partial charge in [-0.05, 0) is 71.3 Å². The number of aliphatic hydroxyl groups is 1. The second-order valence-electron chi connectivity index (χ2n) is 5.86. The van der Waals surface area contributed by atoms with Crippen LogP contribution in [0.3, 0.4) is 0 Å². The number of hydrogen-bond acceptors (Lipinski definition) is 3. The van der Waals surface area contributed by atoms with Crippen molar-refractivity contribution in [1.82, 2.24) is 9.55 Å². The lowest BCUT2D eigenvalue weighted by atomic mass is 10.1. The molecule has 1 heterocycles. The van der Waals surface area contributed by atoms with Gasteiger partial charge in [0.25, 0.3) is 5.56 Å². The lowest BCUT2D eigenvalue weighted by Gasteiger charge is -2.11.